The minimum Gasteiger partial charge on any atom is -0.345 e. The van der Waals surface area contributed by atoms with Crippen molar-refractivity contribution in [2.24, 2.45) is 0 Å². The molecule has 0 saturated heterocycles. The maximum Gasteiger partial charge on any atom is 0.131 e. The topological polar surface area (TPSA) is 8.17 Å². The first-order chi connectivity index (χ1) is 11.0. The van der Waals surface area contributed by atoms with Gasteiger partial charge >= 0.3 is 0 Å². The molecule has 2 aromatic carbocycles. The molecule has 1 atom stereocenters. The molecule has 0 spiro atoms. The number of rotatable bonds is 2. The van der Waals surface area contributed by atoms with Gasteiger partial charge < -0.3 is 9.47 Å². The van der Waals surface area contributed by atoms with Crippen LogP contribution in [0.1, 0.15) is 11.1 Å². The predicted octanol–water partition coefficient (Wildman–Crippen LogP) is 4.24. The highest BCUT2D eigenvalue weighted by Crippen LogP contribution is 2.37. The monoisotopic (exact) mass is 308 g/mol. The van der Waals surface area contributed by atoms with E-state index in [4.69, 9.17) is 0 Å². The molecular weight excluding hydrogens is 287 g/mol. The zero-order valence-electron chi connectivity index (χ0n) is 13.8. The highest BCUT2D eigenvalue weighted by molar-refractivity contribution is 5.98. The van der Waals surface area contributed by atoms with Crippen LogP contribution in [-0.4, -0.2) is 29.6 Å². The molecule has 0 fully saturated rings. The summed E-state index contributed by atoms with van der Waals surface area (Å²) >= 11 is 0. The molecule has 3 aromatic rings. The molecule has 0 bridgehead atoms. The first-order valence-corrected chi connectivity index (χ1v) is 8.08. The Morgan fingerprint density at radius 3 is 2.65 bits per heavy atom. The zero-order valence-corrected chi connectivity index (χ0v) is 13.8. The third-order valence-electron chi connectivity index (χ3n) is 4.95. The van der Waals surface area contributed by atoms with Gasteiger partial charge in [0.1, 0.15) is 5.82 Å². The minimum absolute atomic E-state index is 0.155. The Morgan fingerprint density at radius 2 is 1.91 bits per heavy atom. The van der Waals surface area contributed by atoms with Crippen molar-refractivity contribution >= 4 is 10.9 Å². The van der Waals surface area contributed by atoms with Crippen LogP contribution < -0.4 is 0 Å². The first kappa shape index (κ1) is 14.5. The van der Waals surface area contributed by atoms with Crippen molar-refractivity contribution in [3.05, 3.63) is 59.5 Å². The number of hydrogen-bond acceptors (Lipinski definition) is 1. The Hall–Kier alpha value is -2.13. The molecule has 2 nitrogen and oxygen atoms in total. The van der Waals surface area contributed by atoms with Gasteiger partial charge in [-0.05, 0) is 45.1 Å². The van der Waals surface area contributed by atoms with Crippen LogP contribution in [0.3, 0.4) is 0 Å². The van der Waals surface area contributed by atoms with E-state index in [0.29, 0.717) is 11.6 Å². The number of likely N-dealkylation sites (N-methyl/N-ethyl adjacent to an activating group) is 1. The lowest BCUT2D eigenvalue weighted by atomic mass is 9.95. The van der Waals surface area contributed by atoms with E-state index >= 15 is 0 Å². The Kier molecular flexibility index (Phi) is 3.27. The summed E-state index contributed by atoms with van der Waals surface area (Å²) in [6.07, 6.45) is 3.17. The molecule has 3 heteroatoms. The van der Waals surface area contributed by atoms with E-state index in [1.165, 1.54) is 28.1 Å². The van der Waals surface area contributed by atoms with E-state index in [-0.39, 0.29) is 5.82 Å². The molecule has 0 amide bonds. The molecule has 0 aliphatic carbocycles. The fourth-order valence-corrected chi connectivity index (χ4v) is 3.77. The fraction of sp³-hybridized carbons (Fsp3) is 0.300. The van der Waals surface area contributed by atoms with E-state index < -0.39 is 0 Å². The van der Waals surface area contributed by atoms with E-state index in [1.807, 2.05) is 12.1 Å². The van der Waals surface area contributed by atoms with E-state index in [9.17, 15) is 4.39 Å². The Labute approximate surface area is 136 Å². The van der Waals surface area contributed by atoms with Crippen LogP contribution in [-0.2, 0) is 13.0 Å². The molecule has 0 radical (unpaired) electrons. The Balaban J connectivity index is 1.99. The molecule has 2 heterocycles. The molecule has 23 heavy (non-hydrogen) atoms. The van der Waals surface area contributed by atoms with Crippen LogP contribution >= 0.6 is 0 Å². The molecule has 1 aromatic heterocycles. The largest absolute Gasteiger partial charge is 0.345 e. The van der Waals surface area contributed by atoms with Crippen LogP contribution in [0.15, 0.2) is 42.6 Å². The SMILES string of the molecule is Cc1cc2c3c(c1)c(-c1ccccc1F)cn3CC(N(C)C)C2. The van der Waals surface area contributed by atoms with Crippen molar-refractivity contribution in [2.75, 3.05) is 14.1 Å². The van der Waals surface area contributed by atoms with Crippen LogP contribution in [0.5, 0.6) is 0 Å². The number of halogens is 1. The third kappa shape index (κ3) is 2.27. The normalized spacial score (nSPS) is 17.2. The van der Waals surface area contributed by atoms with Gasteiger partial charge in [0, 0.05) is 35.3 Å². The van der Waals surface area contributed by atoms with Gasteiger partial charge in [-0.15, -0.1) is 0 Å². The number of aryl methyl sites for hydroxylation is 1. The van der Waals surface area contributed by atoms with Gasteiger partial charge in [-0.3, -0.25) is 0 Å². The molecule has 0 saturated carbocycles. The lowest BCUT2D eigenvalue weighted by molar-refractivity contribution is 0.258. The highest BCUT2D eigenvalue weighted by atomic mass is 19.1. The standard InChI is InChI=1S/C20H21FN2/c1-13-8-14-10-15(22(2)3)11-23-12-18(17(9-13)20(14)23)16-6-4-5-7-19(16)21/h4-9,12,15H,10-11H2,1-3H3. The second-order valence-corrected chi connectivity index (χ2v) is 6.82. The Morgan fingerprint density at radius 1 is 1.13 bits per heavy atom. The molecule has 1 aliphatic rings. The van der Waals surface area contributed by atoms with Crippen LogP contribution in [0, 0.1) is 12.7 Å². The second-order valence-electron chi connectivity index (χ2n) is 6.82. The number of aromatic nitrogens is 1. The second kappa shape index (κ2) is 5.20. The summed E-state index contributed by atoms with van der Waals surface area (Å²) in [5.41, 5.74) is 5.57. The average Bonchev–Trinajstić information content (AvgIpc) is 2.86. The van der Waals surface area contributed by atoms with E-state index in [1.54, 1.807) is 6.07 Å². The molecule has 1 unspecified atom stereocenters. The summed E-state index contributed by atoms with van der Waals surface area (Å²) < 4.78 is 16.6. The van der Waals surface area contributed by atoms with Gasteiger partial charge in [-0.25, -0.2) is 4.39 Å². The van der Waals surface area contributed by atoms with Crippen molar-refractivity contribution in [1.29, 1.82) is 0 Å². The van der Waals surface area contributed by atoms with Crippen molar-refractivity contribution in [2.45, 2.75) is 25.9 Å². The lowest BCUT2D eigenvalue weighted by Crippen LogP contribution is -2.36. The van der Waals surface area contributed by atoms with Gasteiger partial charge in [0.05, 0.1) is 5.52 Å². The number of nitrogens with zero attached hydrogens (tertiary/aromatic N) is 2. The van der Waals surface area contributed by atoms with Crippen LogP contribution in [0.4, 0.5) is 4.39 Å². The van der Waals surface area contributed by atoms with E-state index in [0.717, 1.165) is 18.5 Å². The van der Waals surface area contributed by atoms with Crippen molar-refractivity contribution < 1.29 is 4.39 Å². The fourth-order valence-electron chi connectivity index (χ4n) is 3.77. The summed E-state index contributed by atoms with van der Waals surface area (Å²) in [7, 11) is 4.26. The van der Waals surface area contributed by atoms with E-state index in [2.05, 4.69) is 48.8 Å². The first-order valence-electron chi connectivity index (χ1n) is 8.08. The summed E-state index contributed by atoms with van der Waals surface area (Å²) in [5.74, 6) is -0.155. The van der Waals surface area contributed by atoms with Gasteiger partial charge in [0.25, 0.3) is 0 Å². The summed E-state index contributed by atoms with van der Waals surface area (Å²) in [5, 5.41) is 1.17. The molecule has 1 aliphatic heterocycles. The molecule has 118 valence electrons. The molecule has 4 rings (SSSR count). The lowest BCUT2D eigenvalue weighted by Gasteiger charge is -2.30. The summed E-state index contributed by atoms with van der Waals surface area (Å²) in [6.45, 7) is 3.08. The van der Waals surface area contributed by atoms with Crippen molar-refractivity contribution in [3.8, 4) is 11.1 Å². The highest BCUT2D eigenvalue weighted by Gasteiger charge is 2.25. The van der Waals surface area contributed by atoms with Crippen LogP contribution in [0.25, 0.3) is 22.0 Å². The Bertz CT molecular complexity index is 892. The zero-order chi connectivity index (χ0) is 16.1. The third-order valence-corrected chi connectivity index (χ3v) is 4.95. The predicted molar refractivity (Wildman–Crippen MR) is 93.2 cm³/mol. The van der Waals surface area contributed by atoms with Gasteiger partial charge in [-0.2, -0.15) is 0 Å². The number of hydrogen-bond donors (Lipinski definition) is 0. The summed E-state index contributed by atoms with van der Waals surface area (Å²) in [6, 6.07) is 12.0. The van der Waals surface area contributed by atoms with Crippen LogP contribution in [0.2, 0.25) is 0 Å². The maximum absolute atomic E-state index is 14.3. The van der Waals surface area contributed by atoms with Crippen molar-refractivity contribution in [3.63, 3.8) is 0 Å². The van der Waals surface area contributed by atoms with Crippen molar-refractivity contribution in [1.82, 2.24) is 9.47 Å². The quantitative estimate of drug-likeness (QED) is 0.687. The molecule has 0 N–H and O–H groups in total. The minimum atomic E-state index is -0.155. The van der Waals surface area contributed by atoms with Gasteiger partial charge in [0.2, 0.25) is 0 Å². The molecular formula is C20H21FN2. The number of benzene rings is 2. The maximum atomic E-state index is 14.3. The smallest absolute Gasteiger partial charge is 0.131 e. The average molecular weight is 308 g/mol. The summed E-state index contributed by atoms with van der Waals surface area (Å²) in [4.78, 5) is 2.28. The van der Waals surface area contributed by atoms with Gasteiger partial charge in [-0.1, -0.05) is 29.8 Å². The van der Waals surface area contributed by atoms with Gasteiger partial charge in [0.15, 0.2) is 0 Å².